The number of carbonyl (C=O) groups excluding carboxylic acids is 1. The molecule has 0 bridgehead atoms. The van der Waals surface area contributed by atoms with E-state index in [1.54, 1.807) is 17.4 Å². The van der Waals surface area contributed by atoms with Crippen LogP contribution in [-0.4, -0.2) is 30.9 Å². The molecule has 17 heavy (non-hydrogen) atoms. The maximum Gasteiger partial charge on any atom is 0.229 e. The number of amides is 1. The Morgan fingerprint density at radius 2 is 2.47 bits per heavy atom. The first kappa shape index (κ1) is 12.2. The van der Waals surface area contributed by atoms with E-state index < -0.39 is 0 Å². The Morgan fingerprint density at radius 1 is 1.65 bits per heavy atom. The largest absolute Gasteiger partial charge is 0.472 e. The van der Waals surface area contributed by atoms with Gasteiger partial charge in [0.05, 0.1) is 17.9 Å². The molecule has 1 unspecified atom stereocenters. The molecule has 1 saturated heterocycles. The lowest BCUT2D eigenvalue weighted by Crippen LogP contribution is -2.48. The lowest BCUT2D eigenvalue weighted by atomic mass is 9.81. The van der Waals surface area contributed by atoms with E-state index in [1.807, 2.05) is 20.0 Å². The second-order valence-electron chi connectivity index (χ2n) is 5.13. The fraction of sp³-hybridized carbons (Fsp3) is 0.615. The maximum absolute atomic E-state index is 12.4. The minimum Gasteiger partial charge on any atom is -0.472 e. The fourth-order valence-corrected chi connectivity index (χ4v) is 2.43. The van der Waals surface area contributed by atoms with Crippen molar-refractivity contribution in [1.29, 1.82) is 0 Å². The Morgan fingerprint density at radius 3 is 3.06 bits per heavy atom. The summed E-state index contributed by atoms with van der Waals surface area (Å²) in [4.78, 5) is 14.2. The zero-order valence-electron chi connectivity index (χ0n) is 10.5. The van der Waals surface area contributed by atoms with Crippen molar-refractivity contribution in [2.45, 2.75) is 26.3 Å². The molecule has 1 atom stereocenters. The molecule has 1 aliphatic heterocycles. The first-order valence-corrected chi connectivity index (χ1v) is 6.09. The summed E-state index contributed by atoms with van der Waals surface area (Å²) < 4.78 is 5.02. The van der Waals surface area contributed by atoms with E-state index in [0.717, 1.165) is 31.5 Å². The summed E-state index contributed by atoms with van der Waals surface area (Å²) in [6, 6.07) is 1.89. The molecular weight excluding hydrogens is 216 g/mol. The lowest BCUT2D eigenvalue weighted by Gasteiger charge is -2.35. The highest BCUT2D eigenvalue weighted by Crippen LogP contribution is 2.28. The van der Waals surface area contributed by atoms with Crippen LogP contribution < -0.4 is 5.32 Å². The van der Waals surface area contributed by atoms with Gasteiger partial charge in [0.1, 0.15) is 0 Å². The van der Waals surface area contributed by atoms with Crippen LogP contribution in [0.5, 0.6) is 0 Å². The van der Waals surface area contributed by atoms with Gasteiger partial charge in [-0.15, -0.1) is 0 Å². The van der Waals surface area contributed by atoms with E-state index in [0.29, 0.717) is 6.54 Å². The van der Waals surface area contributed by atoms with Gasteiger partial charge in [-0.2, -0.15) is 0 Å². The first-order valence-electron chi connectivity index (χ1n) is 6.09. The van der Waals surface area contributed by atoms with Gasteiger partial charge < -0.3 is 14.6 Å². The molecule has 1 amide bonds. The van der Waals surface area contributed by atoms with Crippen molar-refractivity contribution in [3.8, 4) is 0 Å². The number of carbonyl (C=O) groups is 1. The van der Waals surface area contributed by atoms with Gasteiger partial charge in [0.2, 0.25) is 5.91 Å². The molecule has 4 nitrogen and oxygen atoms in total. The Hall–Kier alpha value is -1.29. The summed E-state index contributed by atoms with van der Waals surface area (Å²) in [7, 11) is 1.86. The molecule has 4 heteroatoms. The third kappa shape index (κ3) is 2.69. The topological polar surface area (TPSA) is 45.5 Å². The predicted molar refractivity (Wildman–Crippen MR) is 65.4 cm³/mol. The average molecular weight is 236 g/mol. The molecule has 0 radical (unpaired) electrons. The Kier molecular flexibility index (Phi) is 3.52. The van der Waals surface area contributed by atoms with Crippen LogP contribution in [0.4, 0.5) is 0 Å². The SMILES string of the molecule is CN(Cc1ccoc1)C(=O)C1(C)CCCNC1. The number of piperidine rings is 1. The zero-order valence-corrected chi connectivity index (χ0v) is 10.5. The van der Waals surface area contributed by atoms with Gasteiger partial charge in [0.15, 0.2) is 0 Å². The third-order valence-electron chi connectivity index (χ3n) is 3.46. The second kappa shape index (κ2) is 4.92. The molecule has 0 aliphatic carbocycles. The highest BCUT2D eigenvalue weighted by Gasteiger charge is 2.36. The first-order chi connectivity index (χ1) is 8.12. The number of rotatable bonds is 3. The van der Waals surface area contributed by atoms with Crippen molar-refractivity contribution in [3.05, 3.63) is 24.2 Å². The molecule has 1 aromatic heterocycles. The monoisotopic (exact) mass is 236 g/mol. The summed E-state index contributed by atoms with van der Waals surface area (Å²) in [6.45, 7) is 4.47. The van der Waals surface area contributed by atoms with Gasteiger partial charge in [-0.3, -0.25) is 4.79 Å². The van der Waals surface area contributed by atoms with Crippen LogP contribution >= 0.6 is 0 Å². The van der Waals surface area contributed by atoms with Crippen molar-refractivity contribution < 1.29 is 9.21 Å². The van der Waals surface area contributed by atoms with Gasteiger partial charge in [0, 0.05) is 25.7 Å². The minimum absolute atomic E-state index is 0.214. The van der Waals surface area contributed by atoms with E-state index in [9.17, 15) is 4.79 Å². The maximum atomic E-state index is 12.4. The quantitative estimate of drug-likeness (QED) is 0.867. The number of hydrogen-bond acceptors (Lipinski definition) is 3. The molecule has 1 N–H and O–H groups in total. The van der Waals surface area contributed by atoms with E-state index in [-0.39, 0.29) is 11.3 Å². The van der Waals surface area contributed by atoms with Crippen LogP contribution in [0.15, 0.2) is 23.0 Å². The Balaban J connectivity index is 1.98. The Bertz CT molecular complexity index is 367. The molecule has 1 aromatic rings. The van der Waals surface area contributed by atoms with E-state index in [4.69, 9.17) is 4.42 Å². The lowest BCUT2D eigenvalue weighted by molar-refractivity contribution is -0.141. The third-order valence-corrected chi connectivity index (χ3v) is 3.46. The Labute approximate surface area is 102 Å². The number of furan rings is 1. The van der Waals surface area contributed by atoms with E-state index in [2.05, 4.69) is 5.32 Å². The fourth-order valence-electron chi connectivity index (χ4n) is 2.43. The molecule has 2 heterocycles. The molecule has 1 fully saturated rings. The van der Waals surface area contributed by atoms with Crippen molar-refractivity contribution >= 4 is 5.91 Å². The van der Waals surface area contributed by atoms with Crippen LogP contribution in [0, 0.1) is 5.41 Å². The minimum atomic E-state index is -0.253. The van der Waals surface area contributed by atoms with Crippen molar-refractivity contribution in [1.82, 2.24) is 10.2 Å². The van der Waals surface area contributed by atoms with Crippen molar-refractivity contribution in [3.63, 3.8) is 0 Å². The van der Waals surface area contributed by atoms with Crippen molar-refractivity contribution in [2.75, 3.05) is 20.1 Å². The molecule has 0 spiro atoms. The number of nitrogens with one attached hydrogen (secondary N) is 1. The molecular formula is C13H20N2O2. The summed E-state index contributed by atoms with van der Waals surface area (Å²) in [5.41, 5.74) is 0.782. The summed E-state index contributed by atoms with van der Waals surface area (Å²) in [5, 5.41) is 3.30. The van der Waals surface area contributed by atoms with Crippen LogP contribution in [0.3, 0.4) is 0 Å². The van der Waals surface area contributed by atoms with Crippen LogP contribution in [-0.2, 0) is 11.3 Å². The molecule has 0 saturated carbocycles. The summed E-state index contributed by atoms with van der Waals surface area (Å²) in [5.74, 6) is 0.214. The molecule has 94 valence electrons. The van der Waals surface area contributed by atoms with Crippen LogP contribution in [0.25, 0.3) is 0 Å². The highest BCUT2D eigenvalue weighted by atomic mass is 16.3. The second-order valence-corrected chi connectivity index (χ2v) is 5.13. The average Bonchev–Trinajstić information content (AvgIpc) is 2.81. The smallest absolute Gasteiger partial charge is 0.229 e. The predicted octanol–water partition coefficient (Wildman–Crippen LogP) is 1.63. The normalized spacial score (nSPS) is 24.6. The van der Waals surface area contributed by atoms with E-state index >= 15 is 0 Å². The standard InChI is InChI=1S/C13H20N2O2/c1-13(5-3-6-14-10-13)12(16)15(2)8-11-4-7-17-9-11/h4,7,9,14H,3,5-6,8,10H2,1-2H3. The van der Waals surface area contributed by atoms with E-state index in [1.165, 1.54) is 0 Å². The van der Waals surface area contributed by atoms with Gasteiger partial charge >= 0.3 is 0 Å². The van der Waals surface area contributed by atoms with Crippen molar-refractivity contribution in [2.24, 2.45) is 5.41 Å². The molecule has 2 rings (SSSR count). The van der Waals surface area contributed by atoms with Gasteiger partial charge in [-0.1, -0.05) is 0 Å². The highest BCUT2D eigenvalue weighted by molar-refractivity contribution is 5.82. The van der Waals surface area contributed by atoms with Crippen LogP contribution in [0.1, 0.15) is 25.3 Å². The zero-order chi connectivity index (χ0) is 12.3. The summed E-state index contributed by atoms with van der Waals surface area (Å²) >= 11 is 0. The molecule has 0 aromatic carbocycles. The molecule has 1 aliphatic rings. The number of hydrogen-bond donors (Lipinski definition) is 1. The number of nitrogens with zero attached hydrogens (tertiary/aromatic N) is 1. The van der Waals surface area contributed by atoms with Gasteiger partial charge in [-0.25, -0.2) is 0 Å². The van der Waals surface area contributed by atoms with Crippen LogP contribution in [0.2, 0.25) is 0 Å². The van der Waals surface area contributed by atoms with Gasteiger partial charge in [-0.05, 0) is 32.4 Å². The van der Waals surface area contributed by atoms with Gasteiger partial charge in [0.25, 0.3) is 0 Å². The summed E-state index contributed by atoms with van der Waals surface area (Å²) in [6.07, 6.45) is 5.36.